The summed E-state index contributed by atoms with van der Waals surface area (Å²) >= 11 is 0. The molecule has 0 bridgehead atoms. The lowest BCUT2D eigenvalue weighted by atomic mass is 10.2. The fraction of sp³-hybridized carbons (Fsp3) is 0.611. The van der Waals surface area contributed by atoms with Gasteiger partial charge in [0, 0.05) is 45.4 Å². The van der Waals surface area contributed by atoms with Crippen LogP contribution in [0, 0.1) is 0 Å². The number of para-hydroxylation sites is 1. The van der Waals surface area contributed by atoms with E-state index >= 15 is 0 Å². The van der Waals surface area contributed by atoms with Crippen molar-refractivity contribution in [1.29, 1.82) is 0 Å². The predicted molar refractivity (Wildman–Crippen MR) is 95.5 cm³/mol. The average molecular weight is 351 g/mol. The lowest BCUT2D eigenvalue weighted by Gasteiger charge is -2.26. The second kappa shape index (κ2) is 11.0. The first-order valence-corrected chi connectivity index (χ1v) is 8.73. The summed E-state index contributed by atoms with van der Waals surface area (Å²) in [6.07, 6.45) is 0.00701. The van der Waals surface area contributed by atoms with Gasteiger partial charge in [-0.15, -0.1) is 0 Å². The van der Waals surface area contributed by atoms with E-state index in [-0.39, 0.29) is 18.4 Å². The van der Waals surface area contributed by atoms with Gasteiger partial charge < -0.3 is 25.3 Å². The van der Waals surface area contributed by atoms with Gasteiger partial charge in [-0.25, -0.2) is 0 Å². The lowest BCUT2D eigenvalue weighted by Crippen LogP contribution is -2.38. The number of morpholine rings is 1. The van der Waals surface area contributed by atoms with E-state index in [1.807, 2.05) is 24.3 Å². The van der Waals surface area contributed by atoms with Crippen LogP contribution in [0.25, 0.3) is 0 Å². The van der Waals surface area contributed by atoms with Crippen LogP contribution >= 0.6 is 0 Å². The average Bonchev–Trinajstić information content (AvgIpc) is 2.66. The molecule has 1 amide bonds. The number of ether oxygens (including phenoxy) is 3. The molecule has 1 saturated heterocycles. The van der Waals surface area contributed by atoms with Crippen molar-refractivity contribution in [3.05, 3.63) is 29.8 Å². The Labute approximate surface area is 149 Å². The van der Waals surface area contributed by atoms with Gasteiger partial charge in [-0.3, -0.25) is 9.69 Å². The number of carbonyl (C=O) groups excluding carboxylic acids is 1. The third-order valence-corrected chi connectivity index (χ3v) is 4.23. The lowest BCUT2D eigenvalue weighted by molar-refractivity contribution is -0.123. The molecule has 1 unspecified atom stereocenters. The molecule has 1 atom stereocenters. The SMILES string of the molecule is COC(CN)CC(=O)NCc1ccccc1OCCN1CCOCC1. The second-order valence-electron chi connectivity index (χ2n) is 5.98. The molecule has 1 aromatic carbocycles. The summed E-state index contributed by atoms with van der Waals surface area (Å²) in [4.78, 5) is 14.3. The molecule has 0 aliphatic carbocycles. The Bertz CT molecular complexity index is 517. The normalized spacial score (nSPS) is 16.4. The van der Waals surface area contributed by atoms with Crippen molar-refractivity contribution in [2.45, 2.75) is 19.1 Å². The predicted octanol–water partition coefficient (Wildman–Crippen LogP) is 0.378. The van der Waals surface area contributed by atoms with Crippen LogP contribution < -0.4 is 15.8 Å². The molecule has 2 rings (SSSR count). The number of methoxy groups -OCH3 is 1. The van der Waals surface area contributed by atoms with Crippen LogP contribution in [0.1, 0.15) is 12.0 Å². The smallest absolute Gasteiger partial charge is 0.222 e. The molecule has 1 aliphatic heterocycles. The maximum atomic E-state index is 12.0. The van der Waals surface area contributed by atoms with Gasteiger partial charge in [0.25, 0.3) is 0 Å². The molecule has 0 radical (unpaired) electrons. The number of nitrogens with zero attached hydrogens (tertiary/aromatic N) is 1. The summed E-state index contributed by atoms with van der Waals surface area (Å²) in [7, 11) is 1.56. The second-order valence-corrected chi connectivity index (χ2v) is 5.98. The molecule has 0 spiro atoms. The number of hydrogen-bond donors (Lipinski definition) is 2. The zero-order valence-corrected chi connectivity index (χ0v) is 14.9. The van der Waals surface area contributed by atoms with Gasteiger partial charge in [0.05, 0.1) is 25.7 Å². The van der Waals surface area contributed by atoms with Crippen molar-refractivity contribution in [2.75, 3.05) is 53.1 Å². The van der Waals surface area contributed by atoms with E-state index in [9.17, 15) is 4.79 Å². The van der Waals surface area contributed by atoms with E-state index in [1.54, 1.807) is 7.11 Å². The van der Waals surface area contributed by atoms with Gasteiger partial charge in [0.2, 0.25) is 5.91 Å². The molecule has 140 valence electrons. The van der Waals surface area contributed by atoms with Crippen molar-refractivity contribution >= 4 is 5.91 Å². The van der Waals surface area contributed by atoms with E-state index in [0.29, 0.717) is 19.7 Å². The van der Waals surface area contributed by atoms with Gasteiger partial charge in [-0.05, 0) is 6.07 Å². The van der Waals surface area contributed by atoms with Gasteiger partial charge in [-0.2, -0.15) is 0 Å². The Balaban J connectivity index is 1.77. The van der Waals surface area contributed by atoms with Crippen LogP contribution in [0.15, 0.2) is 24.3 Å². The van der Waals surface area contributed by atoms with Gasteiger partial charge in [-0.1, -0.05) is 18.2 Å². The molecule has 7 heteroatoms. The zero-order valence-electron chi connectivity index (χ0n) is 14.9. The zero-order chi connectivity index (χ0) is 17.9. The highest BCUT2D eigenvalue weighted by Crippen LogP contribution is 2.18. The maximum Gasteiger partial charge on any atom is 0.222 e. The first kappa shape index (κ1) is 19.7. The molecule has 0 aromatic heterocycles. The minimum Gasteiger partial charge on any atom is -0.492 e. The first-order chi connectivity index (χ1) is 12.2. The van der Waals surface area contributed by atoms with E-state index in [2.05, 4.69) is 10.2 Å². The van der Waals surface area contributed by atoms with Crippen molar-refractivity contribution < 1.29 is 19.0 Å². The Hall–Kier alpha value is -1.67. The summed E-state index contributed by atoms with van der Waals surface area (Å²) in [5.74, 6) is 0.721. The largest absolute Gasteiger partial charge is 0.492 e. The number of nitrogens with one attached hydrogen (secondary N) is 1. The maximum absolute atomic E-state index is 12.0. The number of benzene rings is 1. The monoisotopic (exact) mass is 351 g/mol. The molecular formula is C18H29N3O4. The van der Waals surface area contributed by atoms with Crippen LogP contribution in [-0.2, 0) is 20.8 Å². The van der Waals surface area contributed by atoms with E-state index < -0.39 is 0 Å². The van der Waals surface area contributed by atoms with Crippen LogP contribution in [0.2, 0.25) is 0 Å². The molecule has 1 aliphatic rings. The van der Waals surface area contributed by atoms with E-state index in [4.69, 9.17) is 19.9 Å². The topological polar surface area (TPSA) is 86.0 Å². The molecule has 1 heterocycles. The molecule has 3 N–H and O–H groups in total. The van der Waals surface area contributed by atoms with Crippen molar-refractivity contribution in [3.8, 4) is 5.75 Å². The quantitative estimate of drug-likeness (QED) is 0.634. The van der Waals surface area contributed by atoms with Gasteiger partial charge in [0.15, 0.2) is 0 Å². The Morgan fingerprint density at radius 2 is 2.12 bits per heavy atom. The third kappa shape index (κ3) is 6.99. The Morgan fingerprint density at radius 3 is 2.84 bits per heavy atom. The van der Waals surface area contributed by atoms with Crippen LogP contribution in [0.5, 0.6) is 5.75 Å². The van der Waals surface area contributed by atoms with Gasteiger partial charge in [0.1, 0.15) is 12.4 Å². The molecule has 1 fully saturated rings. The minimum atomic E-state index is -0.250. The molecular weight excluding hydrogens is 322 g/mol. The minimum absolute atomic E-state index is 0.0829. The fourth-order valence-electron chi connectivity index (χ4n) is 2.64. The third-order valence-electron chi connectivity index (χ3n) is 4.23. The van der Waals surface area contributed by atoms with Crippen LogP contribution in [0.4, 0.5) is 0 Å². The fourth-order valence-corrected chi connectivity index (χ4v) is 2.64. The molecule has 25 heavy (non-hydrogen) atoms. The van der Waals surface area contributed by atoms with E-state index in [1.165, 1.54) is 0 Å². The van der Waals surface area contributed by atoms with E-state index in [0.717, 1.165) is 44.2 Å². The summed E-state index contributed by atoms with van der Waals surface area (Å²) in [6, 6.07) is 7.76. The summed E-state index contributed by atoms with van der Waals surface area (Å²) < 4.78 is 16.4. The van der Waals surface area contributed by atoms with Crippen LogP contribution in [0.3, 0.4) is 0 Å². The number of amides is 1. The highest BCUT2D eigenvalue weighted by molar-refractivity contribution is 5.76. The number of hydrogen-bond acceptors (Lipinski definition) is 6. The van der Waals surface area contributed by atoms with Crippen molar-refractivity contribution in [2.24, 2.45) is 5.73 Å². The Morgan fingerprint density at radius 1 is 1.36 bits per heavy atom. The highest BCUT2D eigenvalue weighted by Gasteiger charge is 2.13. The van der Waals surface area contributed by atoms with Gasteiger partial charge >= 0.3 is 0 Å². The standard InChI is InChI=1S/C18H29N3O4/c1-23-16(13-19)12-18(22)20-14-15-4-2-3-5-17(15)25-11-8-21-6-9-24-10-7-21/h2-5,16H,6-14,19H2,1H3,(H,20,22). The highest BCUT2D eigenvalue weighted by atomic mass is 16.5. The first-order valence-electron chi connectivity index (χ1n) is 8.73. The number of carbonyl (C=O) groups is 1. The molecule has 7 nitrogen and oxygen atoms in total. The molecule has 0 saturated carbocycles. The Kier molecular flexibility index (Phi) is 8.68. The van der Waals surface area contributed by atoms with Crippen molar-refractivity contribution in [1.82, 2.24) is 10.2 Å². The summed E-state index contributed by atoms with van der Waals surface area (Å²) in [5, 5.41) is 2.90. The summed E-state index contributed by atoms with van der Waals surface area (Å²) in [5.41, 5.74) is 6.50. The van der Waals surface area contributed by atoms with Crippen LogP contribution in [-0.4, -0.2) is 70.0 Å². The van der Waals surface area contributed by atoms with Crippen molar-refractivity contribution in [3.63, 3.8) is 0 Å². The molecule has 1 aromatic rings. The summed E-state index contributed by atoms with van der Waals surface area (Å²) in [6.45, 7) is 5.70. The number of rotatable bonds is 10. The number of nitrogens with two attached hydrogens (primary N) is 1.